The monoisotopic (exact) mass is 279 g/mol. The first kappa shape index (κ1) is 12.3. The highest BCUT2D eigenvalue weighted by Crippen LogP contribution is 2.32. The summed E-state index contributed by atoms with van der Waals surface area (Å²) in [6.07, 6.45) is 0. The van der Waals surface area contributed by atoms with Gasteiger partial charge in [-0.1, -0.05) is 0 Å². The van der Waals surface area contributed by atoms with Gasteiger partial charge in [-0.05, 0) is 11.3 Å². The molecule has 0 N–H and O–H groups in total. The molecular weight excluding hydrogens is 272 g/mol. The van der Waals surface area contributed by atoms with Crippen molar-refractivity contribution in [3.05, 3.63) is 35.2 Å². The number of aromatic nitrogens is 4. The number of amides is 1. The number of benzene rings is 1. The topological polar surface area (TPSA) is 81.0 Å². The van der Waals surface area contributed by atoms with Gasteiger partial charge in [0.05, 0.1) is 24.8 Å². The predicted molar refractivity (Wildman–Crippen MR) is 60.7 cm³/mol. The minimum Gasteiger partial charge on any atom is -0.297 e. The summed E-state index contributed by atoms with van der Waals surface area (Å²) in [5.41, 5.74) is -0.551. The number of fused-ring (bicyclic) bond motifs is 1. The Morgan fingerprint density at radius 1 is 1.25 bits per heavy atom. The van der Waals surface area contributed by atoms with Gasteiger partial charge in [-0.25, -0.2) is 8.78 Å². The van der Waals surface area contributed by atoms with E-state index < -0.39 is 28.9 Å². The Hall–Kier alpha value is -2.71. The highest BCUT2D eigenvalue weighted by molar-refractivity contribution is 6.52. The summed E-state index contributed by atoms with van der Waals surface area (Å²) < 4.78 is 26.9. The van der Waals surface area contributed by atoms with Crippen LogP contribution in [-0.2, 0) is 18.4 Å². The van der Waals surface area contributed by atoms with Gasteiger partial charge in [-0.2, -0.15) is 4.80 Å². The quantitative estimate of drug-likeness (QED) is 0.734. The zero-order valence-corrected chi connectivity index (χ0v) is 10.2. The summed E-state index contributed by atoms with van der Waals surface area (Å²) >= 11 is 0. The largest absolute Gasteiger partial charge is 0.300 e. The van der Waals surface area contributed by atoms with Crippen molar-refractivity contribution < 1.29 is 18.4 Å². The molecule has 1 aromatic heterocycles. The van der Waals surface area contributed by atoms with Crippen LogP contribution in [0.15, 0.2) is 12.1 Å². The third-order valence-electron chi connectivity index (χ3n) is 2.84. The summed E-state index contributed by atoms with van der Waals surface area (Å²) in [4.78, 5) is 25.7. The number of hydrogen-bond donors (Lipinski definition) is 0. The van der Waals surface area contributed by atoms with Gasteiger partial charge in [0.1, 0.15) is 11.6 Å². The van der Waals surface area contributed by atoms with E-state index in [1.165, 1.54) is 11.8 Å². The van der Waals surface area contributed by atoms with Crippen molar-refractivity contribution in [1.29, 1.82) is 0 Å². The van der Waals surface area contributed by atoms with E-state index in [1.54, 1.807) is 0 Å². The molecular formula is C11H7F2N5O2. The lowest BCUT2D eigenvalue weighted by atomic mass is 10.1. The molecule has 102 valence electrons. The molecule has 0 saturated carbocycles. The Balaban J connectivity index is 2.06. The van der Waals surface area contributed by atoms with Crippen molar-refractivity contribution in [2.45, 2.75) is 6.54 Å². The maximum Gasteiger partial charge on any atom is 0.300 e. The minimum absolute atomic E-state index is 0.120. The molecule has 0 unspecified atom stereocenters. The van der Waals surface area contributed by atoms with Crippen LogP contribution >= 0.6 is 0 Å². The minimum atomic E-state index is -1.06. The average Bonchev–Trinajstić information content (AvgIpc) is 2.87. The van der Waals surface area contributed by atoms with Crippen LogP contribution in [0.2, 0.25) is 0 Å². The Kier molecular flexibility index (Phi) is 2.56. The van der Waals surface area contributed by atoms with Gasteiger partial charge in [0.25, 0.3) is 11.7 Å². The van der Waals surface area contributed by atoms with E-state index >= 15 is 0 Å². The Morgan fingerprint density at radius 2 is 2.00 bits per heavy atom. The van der Waals surface area contributed by atoms with E-state index in [0.29, 0.717) is 6.07 Å². The first-order chi connectivity index (χ1) is 9.47. The van der Waals surface area contributed by atoms with Gasteiger partial charge >= 0.3 is 0 Å². The molecule has 3 rings (SSSR count). The van der Waals surface area contributed by atoms with Crippen LogP contribution in [0.5, 0.6) is 0 Å². The number of carbonyl (C=O) groups is 2. The maximum absolute atomic E-state index is 13.6. The molecule has 20 heavy (non-hydrogen) atoms. The fourth-order valence-electron chi connectivity index (χ4n) is 2.02. The molecule has 0 bridgehead atoms. The van der Waals surface area contributed by atoms with Crippen LogP contribution in [0.4, 0.5) is 14.5 Å². The molecule has 0 atom stereocenters. The summed E-state index contributed by atoms with van der Waals surface area (Å²) in [6, 6.07) is 1.49. The molecule has 9 heteroatoms. The van der Waals surface area contributed by atoms with Gasteiger partial charge in [-0.15, -0.1) is 10.2 Å². The summed E-state index contributed by atoms with van der Waals surface area (Å²) in [6.45, 7) is -0.186. The van der Waals surface area contributed by atoms with Gasteiger partial charge in [0, 0.05) is 6.07 Å². The van der Waals surface area contributed by atoms with Gasteiger partial charge < -0.3 is 0 Å². The third-order valence-corrected chi connectivity index (χ3v) is 2.84. The highest BCUT2D eigenvalue weighted by atomic mass is 19.1. The second-order valence-electron chi connectivity index (χ2n) is 4.20. The van der Waals surface area contributed by atoms with E-state index in [4.69, 9.17) is 0 Å². The molecule has 0 spiro atoms. The smallest absolute Gasteiger partial charge is 0.297 e. The van der Waals surface area contributed by atoms with Gasteiger partial charge in [0.2, 0.25) is 0 Å². The Morgan fingerprint density at radius 3 is 2.65 bits per heavy atom. The lowest BCUT2D eigenvalue weighted by Gasteiger charge is -2.13. The van der Waals surface area contributed by atoms with Crippen LogP contribution in [0.3, 0.4) is 0 Å². The molecule has 7 nitrogen and oxygen atoms in total. The lowest BCUT2D eigenvalue weighted by molar-refractivity contribution is -0.114. The summed E-state index contributed by atoms with van der Waals surface area (Å²) in [7, 11) is 1.53. The number of ketones is 1. The van der Waals surface area contributed by atoms with Crippen LogP contribution < -0.4 is 4.90 Å². The molecule has 0 saturated heterocycles. The molecule has 0 aliphatic carbocycles. The second kappa shape index (κ2) is 4.15. The molecule has 1 aliphatic heterocycles. The third kappa shape index (κ3) is 1.75. The first-order valence-corrected chi connectivity index (χ1v) is 5.55. The number of tetrazole rings is 1. The van der Waals surface area contributed by atoms with E-state index in [-0.39, 0.29) is 18.1 Å². The van der Waals surface area contributed by atoms with Crippen molar-refractivity contribution in [1.82, 2.24) is 20.2 Å². The van der Waals surface area contributed by atoms with Crippen molar-refractivity contribution in [2.24, 2.45) is 7.05 Å². The standard InChI is InChI=1S/C11H7F2N5O2/c1-17-15-8(14-16-17)4-18-7-3-5(12)2-6(13)9(7)10(19)11(18)20/h2-3H,4H2,1H3. The number of rotatable bonds is 2. The van der Waals surface area contributed by atoms with E-state index in [0.717, 1.165) is 11.0 Å². The van der Waals surface area contributed by atoms with Crippen molar-refractivity contribution in [3.8, 4) is 0 Å². The zero-order valence-electron chi connectivity index (χ0n) is 10.2. The normalized spacial score (nSPS) is 14.1. The molecule has 1 amide bonds. The first-order valence-electron chi connectivity index (χ1n) is 5.55. The Bertz CT molecular complexity index is 742. The number of aryl methyl sites for hydroxylation is 1. The molecule has 2 aromatic rings. The molecule has 0 radical (unpaired) electrons. The summed E-state index contributed by atoms with van der Waals surface area (Å²) in [5.74, 6) is -3.74. The molecule has 2 heterocycles. The number of hydrogen-bond acceptors (Lipinski definition) is 5. The zero-order chi connectivity index (χ0) is 14.4. The molecule has 1 aliphatic rings. The number of halogens is 2. The number of nitrogens with zero attached hydrogens (tertiary/aromatic N) is 5. The maximum atomic E-state index is 13.6. The van der Waals surface area contributed by atoms with Crippen molar-refractivity contribution >= 4 is 17.4 Å². The van der Waals surface area contributed by atoms with E-state index in [2.05, 4.69) is 15.4 Å². The van der Waals surface area contributed by atoms with Crippen molar-refractivity contribution in [3.63, 3.8) is 0 Å². The number of anilines is 1. The highest BCUT2D eigenvalue weighted by Gasteiger charge is 2.39. The second-order valence-corrected chi connectivity index (χ2v) is 4.20. The number of Topliss-reactive ketones (excluding diaryl/α,β-unsaturated/α-hetero) is 1. The Labute approximate surface area is 110 Å². The lowest BCUT2D eigenvalue weighted by Crippen LogP contribution is -2.29. The SMILES string of the molecule is Cn1nnc(CN2C(=O)C(=O)c3c(F)cc(F)cc32)n1. The van der Waals surface area contributed by atoms with Gasteiger partial charge in [0.15, 0.2) is 5.82 Å². The number of carbonyl (C=O) groups excluding carboxylic acids is 2. The molecule has 1 aromatic carbocycles. The van der Waals surface area contributed by atoms with Gasteiger partial charge in [-0.3, -0.25) is 14.5 Å². The van der Waals surface area contributed by atoms with Crippen molar-refractivity contribution in [2.75, 3.05) is 4.90 Å². The van der Waals surface area contributed by atoms with Crippen LogP contribution in [-0.4, -0.2) is 31.9 Å². The van der Waals surface area contributed by atoms with Crippen LogP contribution in [0.25, 0.3) is 0 Å². The van der Waals surface area contributed by atoms with Crippen LogP contribution in [0, 0.1) is 11.6 Å². The molecule has 0 fully saturated rings. The average molecular weight is 279 g/mol. The fourth-order valence-corrected chi connectivity index (χ4v) is 2.02. The van der Waals surface area contributed by atoms with E-state index in [1.807, 2.05) is 0 Å². The van der Waals surface area contributed by atoms with E-state index in [9.17, 15) is 18.4 Å². The summed E-state index contributed by atoms with van der Waals surface area (Å²) in [5, 5.41) is 11.1. The fraction of sp³-hybridized carbons (Fsp3) is 0.182. The van der Waals surface area contributed by atoms with Crippen LogP contribution in [0.1, 0.15) is 16.2 Å². The predicted octanol–water partition coefficient (Wildman–Crippen LogP) is 0.218.